The quantitative estimate of drug-likeness (QED) is 0.559. The van der Waals surface area contributed by atoms with Crippen LogP contribution in [0.4, 0.5) is 4.79 Å². The zero-order chi connectivity index (χ0) is 23.1. The predicted molar refractivity (Wildman–Crippen MR) is 127 cm³/mol. The number of piperazine rings is 1. The first-order valence-corrected chi connectivity index (χ1v) is 12.2. The molecule has 1 fully saturated rings. The maximum absolute atomic E-state index is 12.8. The van der Waals surface area contributed by atoms with Gasteiger partial charge in [-0.25, -0.2) is 19.4 Å². The number of hydrogen-bond acceptors (Lipinski definition) is 6. The predicted octanol–water partition coefficient (Wildman–Crippen LogP) is 2.99. The molecular formula is C23H24ClN5O3S. The van der Waals surface area contributed by atoms with Crippen molar-refractivity contribution in [1.29, 1.82) is 0 Å². The Morgan fingerprint density at radius 2 is 1.88 bits per heavy atom. The number of imidazole rings is 1. The van der Waals surface area contributed by atoms with Crippen molar-refractivity contribution in [2.24, 2.45) is 0 Å². The Labute approximate surface area is 200 Å². The Morgan fingerprint density at radius 1 is 1.15 bits per heavy atom. The highest BCUT2D eigenvalue weighted by atomic mass is 35.5. The fraction of sp³-hybridized carbons (Fsp3) is 0.348. The van der Waals surface area contributed by atoms with E-state index in [1.807, 2.05) is 48.3 Å². The van der Waals surface area contributed by atoms with Gasteiger partial charge in [-0.3, -0.25) is 9.80 Å². The number of carbonyl (C=O) groups excluding carboxylic acids is 2. The Kier molecular flexibility index (Phi) is 6.05. The van der Waals surface area contributed by atoms with Crippen molar-refractivity contribution in [3.05, 3.63) is 59.1 Å². The molecule has 5 rings (SSSR count). The Hall–Kier alpha value is -2.59. The number of aryl methyl sites for hydroxylation is 1. The third-order valence-electron chi connectivity index (χ3n) is 6.11. The molecule has 1 N–H and O–H groups in total. The molecule has 2 aliphatic rings. The van der Waals surface area contributed by atoms with Crippen LogP contribution in [0.1, 0.15) is 11.5 Å². The lowest BCUT2D eigenvalue weighted by Gasteiger charge is -2.39. The maximum atomic E-state index is 12.8. The van der Waals surface area contributed by atoms with Gasteiger partial charge in [0.1, 0.15) is 11.9 Å². The SMILES string of the molecule is Cc1ncc2n1C(=O)N(N1CCN(C(=O)[C@H](O)CSc3ccc4cc(Cl)ccc4c3)CC1)C2. The molecule has 0 spiro atoms. The zero-order valence-electron chi connectivity index (χ0n) is 18.1. The summed E-state index contributed by atoms with van der Waals surface area (Å²) >= 11 is 7.49. The molecule has 33 heavy (non-hydrogen) atoms. The molecule has 0 bridgehead atoms. The van der Waals surface area contributed by atoms with E-state index in [0.29, 0.717) is 43.6 Å². The number of aliphatic hydroxyl groups is 1. The lowest BCUT2D eigenvalue weighted by molar-refractivity contribution is -0.143. The molecule has 0 saturated carbocycles. The summed E-state index contributed by atoms with van der Waals surface area (Å²) in [5.74, 6) is 0.695. The van der Waals surface area contributed by atoms with Gasteiger partial charge in [0.05, 0.1) is 18.4 Å². The average Bonchev–Trinajstić information content (AvgIpc) is 3.36. The van der Waals surface area contributed by atoms with Crippen LogP contribution in [-0.2, 0) is 11.3 Å². The van der Waals surface area contributed by atoms with Crippen LogP contribution in [0.3, 0.4) is 0 Å². The average molecular weight is 486 g/mol. The van der Waals surface area contributed by atoms with Gasteiger partial charge >= 0.3 is 6.03 Å². The molecule has 1 aromatic heterocycles. The number of benzene rings is 2. The Bertz CT molecular complexity index is 1220. The number of aromatic nitrogens is 2. The summed E-state index contributed by atoms with van der Waals surface area (Å²) in [6, 6.07) is 11.6. The summed E-state index contributed by atoms with van der Waals surface area (Å²) in [6.45, 7) is 4.32. The number of carbonyl (C=O) groups is 2. The fourth-order valence-electron chi connectivity index (χ4n) is 4.32. The molecule has 0 radical (unpaired) electrons. The Balaban J connectivity index is 1.13. The number of amides is 2. The molecule has 8 nitrogen and oxygen atoms in total. The van der Waals surface area contributed by atoms with Crippen molar-refractivity contribution in [3.63, 3.8) is 0 Å². The molecule has 3 heterocycles. The number of hydrogen-bond donors (Lipinski definition) is 1. The number of halogens is 1. The van der Waals surface area contributed by atoms with E-state index in [0.717, 1.165) is 21.4 Å². The van der Waals surface area contributed by atoms with Gasteiger partial charge in [0.2, 0.25) is 0 Å². The van der Waals surface area contributed by atoms with Gasteiger partial charge in [-0.2, -0.15) is 0 Å². The highest BCUT2D eigenvalue weighted by Crippen LogP contribution is 2.27. The van der Waals surface area contributed by atoms with E-state index >= 15 is 0 Å². The van der Waals surface area contributed by atoms with E-state index in [-0.39, 0.29) is 17.7 Å². The van der Waals surface area contributed by atoms with Crippen LogP contribution in [0.5, 0.6) is 0 Å². The third kappa shape index (κ3) is 4.33. The van der Waals surface area contributed by atoms with Gasteiger partial charge in [0.15, 0.2) is 0 Å². The van der Waals surface area contributed by atoms with Crippen molar-refractivity contribution in [2.75, 3.05) is 31.9 Å². The summed E-state index contributed by atoms with van der Waals surface area (Å²) in [7, 11) is 0. The zero-order valence-corrected chi connectivity index (χ0v) is 19.7. The minimum absolute atomic E-state index is 0.103. The second kappa shape index (κ2) is 8.98. The number of hydrazine groups is 1. The van der Waals surface area contributed by atoms with E-state index in [2.05, 4.69) is 4.98 Å². The largest absolute Gasteiger partial charge is 0.382 e. The van der Waals surface area contributed by atoms with E-state index in [9.17, 15) is 14.7 Å². The number of aliphatic hydroxyl groups excluding tert-OH is 1. The van der Waals surface area contributed by atoms with Crippen LogP contribution in [0, 0.1) is 6.92 Å². The summed E-state index contributed by atoms with van der Waals surface area (Å²) in [6.07, 6.45) is 0.650. The van der Waals surface area contributed by atoms with Gasteiger partial charge in [0.25, 0.3) is 5.91 Å². The molecule has 10 heteroatoms. The standard InChI is InChI=1S/C23H24ClN5O3S/c1-15-25-12-19-13-28(23(32)29(15)19)27-8-6-26(7-9-27)22(31)21(30)14-33-20-5-3-16-10-18(24)4-2-17(16)11-20/h2-5,10-12,21,30H,6-9,13-14H2,1H3/t21-/m1/s1. The lowest BCUT2D eigenvalue weighted by Crippen LogP contribution is -2.56. The summed E-state index contributed by atoms with van der Waals surface area (Å²) in [5.41, 5.74) is 0.875. The van der Waals surface area contributed by atoms with Crippen molar-refractivity contribution in [2.45, 2.75) is 24.5 Å². The molecule has 2 aliphatic heterocycles. The van der Waals surface area contributed by atoms with Crippen LogP contribution in [0.25, 0.3) is 10.8 Å². The second-order valence-electron chi connectivity index (χ2n) is 8.23. The normalized spacial score (nSPS) is 17.6. The van der Waals surface area contributed by atoms with Crippen LogP contribution in [0.15, 0.2) is 47.5 Å². The monoisotopic (exact) mass is 485 g/mol. The molecule has 0 aliphatic carbocycles. The van der Waals surface area contributed by atoms with Crippen molar-refractivity contribution in [1.82, 2.24) is 24.5 Å². The van der Waals surface area contributed by atoms with Gasteiger partial charge in [-0.05, 0) is 42.0 Å². The minimum atomic E-state index is -1.08. The molecule has 0 unspecified atom stereocenters. The lowest BCUT2D eigenvalue weighted by atomic mass is 10.1. The first kappa shape index (κ1) is 22.2. The smallest absolute Gasteiger partial charge is 0.344 e. The van der Waals surface area contributed by atoms with Crippen molar-refractivity contribution >= 4 is 46.1 Å². The molecular weight excluding hydrogens is 462 g/mol. The summed E-state index contributed by atoms with van der Waals surface area (Å²) in [4.78, 5) is 32.3. The van der Waals surface area contributed by atoms with Gasteiger partial charge in [-0.15, -0.1) is 11.8 Å². The van der Waals surface area contributed by atoms with E-state index < -0.39 is 6.10 Å². The highest BCUT2D eigenvalue weighted by molar-refractivity contribution is 7.99. The maximum Gasteiger partial charge on any atom is 0.344 e. The number of thioether (sulfide) groups is 1. The number of nitrogens with zero attached hydrogens (tertiary/aromatic N) is 5. The molecule has 1 atom stereocenters. The van der Waals surface area contributed by atoms with Crippen LogP contribution >= 0.6 is 23.4 Å². The van der Waals surface area contributed by atoms with Crippen LogP contribution < -0.4 is 0 Å². The van der Waals surface area contributed by atoms with Crippen LogP contribution in [-0.4, -0.2) is 79.5 Å². The molecule has 1 saturated heterocycles. The van der Waals surface area contributed by atoms with Gasteiger partial charge in [-0.1, -0.05) is 23.7 Å². The van der Waals surface area contributed by atoms with Gasteiger partial charge < -0.3 is 10.0 Å². The second-order valence-corrected chi connectivity index (χ2v) is 9.76. The van der Waals surface area contributed by atoms with E-state index in [1.165, 1.54) is 11.8 Å². The minimum Gasteiger partial charge on any atom is -0.382 e. The number of rotatable bonds is 5. The van der Waals surface area contributed by atoms with Crippen LogP contribution in [0.2, 0.25) is 5.02 Å². The topological polar surface area (TPSA) is 81.9 Å². The summed E-state index contributed by atoms with van der Waals surface area (Å²) in [5, 5.41) is 17.0. The Morgan fingerprint density at radius 3 is 2.64 bits per heavy atom. The fourth-order valence-corrected chi connectivity index (χ4v) is 5.37. The van der Waals surface area contributed by atoms with Crippen molar-refractivity contribution in [3.8, 4) is 0 Å². The molecule has 2 aromatic carbocycles. The first-order chi connectivity index (χ1) is 15.9. The van der Waals surface area contributed by atoms with E-state index in [4.69, 9.17) is 11.6 Å². The molecule has 3 aromatic rings. The van der Waals surface area contributed by atoms with Gasteiger partial charge in [0, 0.05) is 41.8 Å². The molecule has 2 amide bonds. The number of fused-ring (bicyclic) bond motifs is 2. The third-order valence-corrected chi connectivity index (χ3v) is 7.42. The highest BCUT2D eigenvalue weighted by Gasteiger charge is 2.35. The first-order valence-electron chi connectivity index (χ1n) is 10.8. The molecule has 172 valence electrons. The van der Waals surface area contributed by atoms with E-state index in [1.54, 1.807) is 20.7 Å². The summed E-state index contributed by atoms with van der Waals surface area (Å²) < 4.78 is 1.62. The van der Waals surface area contributed by atoms with Crippen molar-refractivity contribution < 1.29 is 14.7 Å².